The summed E-state index contributed by atoms with van der Waals surface area (Å²) in [5.74, 6) is -0.562. The Bertz CT molecular complexity index is 1420. The monoisotopic (exact) mass is 477 g/mol. The molecule has 0 aliphatic heterocycles. The highest BCUT2D eigenvalue weighted by Crippen LogP contribution is 2.64. The summed E-state index contributed by atoms with van der Waals surface area (Å²) in [7, 11) is -4.21. The van der Waals surface area contributed by atoms with Crippen LogP contribution >= 0.6 is 0 Å². The van der Waals surface area contributed by atoms with Crippen LogP contribution in [0.15, 0.2) is 72.4 Å². The number of allylic oxidation sites excluding steroid dienone is 2. The van der Waals surface area contributed by atoms with Crippen molar-refractivity contribution in [3.63, 3.8) is 0 Å². The van der Waals surface area contributed by atoms with E-state index in [1.54, 1.807) is 6.07 Å². The zero-order valence-electron chi connectivity index (χ0n) is 19.1. The van der Waals surface area contributed by atoms with Crippen LogP contribution in [0.3, 0.4) is 0 Å². The molecular formula is C26H27N3O4S. The molecule has 0 radical (unpaired) electrons. The number of nitrogens with one attached hydrogen (secondary N) is 2. The van der Waals surface area contributed by atoms with Crippen LogP contribution in [0.5, 0.6) is 0 Å². The lowest BCUT2D eigenvalue weighted by atomic mass is 9.69. The Morgan fingerprint density at radius 2 is 1.82 bits per heavy atom. The third kappa shape index (κ3) is 3.67. The number of benzene rings is 2. The minimum Gasteiger partial charge on any atom is -0.302 e. The Hall–Kier alpha value is -3.23. The summed E-state index contributed by atoms with van der Waals surface area (Å²) in [6.45, 7) is 4.04. The highest BCUT2D eigenvalue weighted by atomic mass is 32.2. The number of carbonyl (C=O) groups is 1. The second-order valence-electron chi connectivity index (χ2n) is 9.77. The lowest BCUT2D eigenvalue weighted by Crippen LogP contribution is -2.47. The Morgan fingerprint density at radius 3 is 2.53 bits per heavy atom. The van der Waals surface area contributed by atoms with Gasteiger partial charge in [-0.2, -0.15) is 8.42 Å². The highest BCUT2D eigenvalue weighted by Gasteiger charge is 2.61. The molecule has 1 heterocycles. The number of para-hydroxylation sites is 1. The first kappa shape index (κ1) is 22.6. The summed E-state index contributed by atoms with van der Waals surface area (Å²) >= 11 is 0. The van der Waals surface area contributed by atoms with E-state index in [1.807, 2.05) is 74.5 Å². The van der Waals surface area contributed by atoms with Crippen LogP contribution < -0.4 is 10.9 Å². The molecule has 3 aromatic rings. The number of pyridine rings is 1. The van der Waals surface area contributed by atoms with Gasteiger partial charge in [0.1, 0.15) is 0 Å². The predicted molar refractivity (Wildman–Crippen MR) is 131 cm³/mol. The normalized spacial score (nSPS) is 23.0. The number of carbonyl (C=O) groups excluding carboxylic acids is 1. The van der Waals surface area contributed by atoms with Gasteiger partial charge >= 0.3 is 0 Å². The standard InChI is InChI=1S/C26H27N3O4S/c1-25(2)18-12-13-26(25,16-34(31,32)33)23(14-18)28-29-24(30)20-15-22(17-8-4-3-5-9-17)27-21-11-7-6-10-19(20)21/h3-11,14-15,18,28H,12-13,16H2,1-2H3,(H,29,30)(H,31,32,33)/t18-,26+/m1/s1. The Kier molecular flexibility index (Phi) is 5.26. The maximum Gasteiger partial charge on any atom is 0.270 e. The van der Waals surface area contributed by atoms with Crippen molar-refractivity contribution < 1.29 is 17.8 Å². The molecule has 0 saturated heterocycles. The van der Waals surface area contributed by atoms with Crippen LogP contribution in [0.25, 0.3) is 22.2 Å². The van der Waals surface area contributed by atoms with Crippen LogP contribution in [0.4, 0.5) is 0 Å². The number of fused-ring (bicyclic) bond motifs is 3. The van der Waals surface area contributed by atoms with Gasteiger partial charge in [-0.15, -0.1) is 0 Å². The van der Waals surface area contributed by atoms with Gasteiger partial charge in [0.25, 0.3) is 16.0 Å². The number of nitrogens with zero attached hydrogens (tertiary/aromatic N) is 1. The molecule has 2 aromatic carbocycles. The van der Waals surface area contributed by atoms with Gasteiger partial charge in [-0.3, -0.25) is 14.8 Å². The van der Waals surface area contributed by atoms with Gasteiger partial charge < -0.3 is 5.43 Å². The van der Waals surface area contributed by atoms with E-state index >= 15 is 0 Å². The average Bonchev–Trinajstić information content (AvgIpc) is 3.16. The largest absolute Gasteiger partial charge is 0.302 e. The highest BCUT2D eigenvalue weighted by molar-refractivity contribution is 7.85. The minimum absolute atomic E-state index is 0.167. The van der Waals surface area contributed by atoms with E-state index in [9.17, 15) is 17.8 Å². The van der Waals surface area contributed by atoms with Gasteiger partial charge in [0.05, 0.1) is 22.5 Å². The van der Waals surface area contributed by atoms with Crippen LogP contribution in [0.1, 0.15) is 37.0 Å². The molecule has 2 aliphatic rings. The minimum atomic E-state index is -4.21. The fourth-order valence-corrected chi connectivity index (χ4v) is 6.99. The molecule has 1 saturated carbocycles. The van der Waals surface area contributed by atoms with E-state index in [1.165, 1.54) is 0 Å². The molecule has 1 aromatic heterocycles. The van der Waals surface area contributed by atoms with Crippen LogP contribution in [-0.2, 0) is 10.1 Å². The predicted octanol–water partition coefficient (Wildman–Crippen LogP) is 4.34. The lowest BCUT2D eigenvalue weighted by molar-refractivity contribution is 0.0928. The first-order chi connectivity index (χ1) is 16.1. The molecule has 176 valence electrons. The van der Waals surface area contributed by atoms with Gasteiger partial charge in [0, 0.05) is 22.1 Å². The summed E-state index contributed by atoms with van der Waals surface area (Å²) in [5.41, 5.74) is 8.06. The topological polar surface area (TPSA) is 108 Å². The van der Waals surface area contributed by atoms with Crippen molar-refractivity contribution in [2.45, 2.75) is 26.7 Å². The maximum atomic E-state index is 13.4. The van der Waals surface area contributed by atoms with E-state index < -0.39 is 15.5 Å². The number of aromatic nitrogens is 1. The zero-order valence-corrected chi connectivity index (χ0v) is 19.9. The van der Waals surface area contributed by atoms with E-state index in [0.29, 0.717) is 28.9 Å². The summed E-state index contributed by atoms with van der Waals surface area (Å²) in [4.78, 5) is 18.1. The molecule has 2 bridgehead atoms. The molecule has 0 spiro atoms. The van der Waals surface area contributed by atoms with E-state index in [4.69, 9.17) is 4.98 Å². The van der Waals surface area contributed by atoms with Gasteiger partial charge in [-0.05, 0) is 36.3 Å². The molecule has 0 unspecified atom stereocenters. The van der Waals surface area contributed by atoms with Crippen molar-refractivity contribution in [1.29, 1.82) is 0 Å². The molecule has 34 heavy (non-hydrogen) atoms. The first-order valence-electron chi connectivity index (χ1n) is 11.3. The van der Waals surface area contributed by atoms with E-state index in [-0.39, 0.29) is 23.0 Å². The summed E-state index contributed by atoms with van der Waals surface area (Å²) < 4.78 is 33.5. The van der Waals surface area contributed by atoms with Gasteiger partial charge in [0.2, 0.25) is 0 Å². The Labute approximate surface area is 199 Å². The van der Waals surface area contributed by atoms with Gasteiger partial charge in [-0.1, -0.05) is 68.5 Å². The maximum absolute atomic E-state index is 13.4. The van der Waals surface area contributed by atoms with Crippen molar-refractivity contribution >= 4 is 26.9 Å². The van der Waals surface area contributed by atoms with Crippen molar-refractivity contribution in [2.75, 3.05) is 5.75 Å². The molecule has 1 amide bonds. The smallest absolute Gasteiger partial charge is 0.270 e. The SMILES string of the molecule is CC1(C)[C@H]2C=C(NNC(=O)c3cc(-c4ccccc4)nc4ccccc34)[C@@]1(CS(=O)(=O)O)CC2. The Morgan fingerprint density at radius 1 is 1.12 bits per heavy atom. The number of hydrogen-bond donors (Lipinski definition) is 3. The van der Waals surface area contributed by atoms with Crippen molar-refractivity contribution in [3.05, 3.63) is 78.0 Å². The van der Waals surface area contributed by atoms with Crippen LogP contribution in [-0.4, -0.2) is 29.6 Å². The molecule has 3 N–H and O–H groups in total. The van der Waals surface area contributed by atoms with E-state index in [0.717, 1.165) is 17.4 Å². The molecule has 5 rings (SSSR count). The molecular weight excluding hydrogens is 450 g/mol. The second-order valence-corrected chi connectivity index (χ2v) is 11.2. The van der Waals surface area contributed by atoms with Crippen molar-refractivity contribution in [2.24, 2.45) is 16.7 Å². The fraction of sp³-hybridized carbons (Fsp3) is 0.308. The zero-order chi connectivity index (χ0) is 24.1. The van der Waals surface area contributed by atoms with Crippen molar-refractivity contribution in [3.8, 4) is 11.3 Å². The van der Waals surface area contributed by atoms with Crippen LogP contribution in [0.2, 0.25) is 0 Å². The van der Waals surface area contributed by atoms with Crippen LogP contribution in [0, 0.1) is 16.7 Å². The van der Waals surface area contributed by atoms with Crippen molar-refractivity contribution in [1.82, 2.24) is 15.8 Å². The summed E-state index contributed by atoms with van der Waals surface area (Å²) in [5, 5.41) is 0.719. The quantitative estimate of drug-likeness (QED) is 0.360. The molecule has 2 atom stereocenters. The molecule has 8 heteroatoms. The number of amides is 1. The fourth-order valence-electron chi connectivity index (χ4n) is 5.69. The summed E-state index contributed by atoms with van der Waals surface area (Å²) in [6.07, 6.45) is 3.46. The molecule has 1 fully saturated rings. The van der Waals surface area contributed by atoms with Gasteiger partial charge in [0.15, 0.2) is 0 Å². The van der Waals surface area contributed by atoms with Gasteiger partial charge in [-0.25, -0.2) is 4.98 Å². The number of rotatable bonds is 6. The van der Waals surface area contributed by atoms with E-state index in [2.05, 4.69) is 10.9 Å². The second kappa shape index (κ2) is 7.92. The first-order valence-corrected chi connectivity index (χ1v) is 12.9. The number of hydrogen-bond acceptors (Lipinski definition) is 5. The summed E-state index contributed by atoms with van der Waals surface area (Å²) in [6, 6.07) is 18.9. The third-order valence-corrected chi connectivity index (χ3v) is 8.55. The lowest BCUT2D eigenvalue weighted by Gasteiger charge is -2.39. The number of hydrazine groups is 1. The molecule has 7 nitrogen and oxygen atoms in total. The Balaban J connectivity index is 1.46. The third-order valence-electron chi connectivity index (χ3n) is 7.70. The molecule has 2 aliphatic carbocycles. The average molecular weight is 478 g/mol.